The average molecular weight is 234 g/mol. The van der Waals surface area contributed by atoms with E-state index in [-0.39, 0.29) is 12.5 Å². The van der Waals surface area contributed by atoms with E-state index in [0.717, 1.165) is 0 Å². The summed E-state index contributed by atoms with van der Waals surface area (Å²) >= 11 is 0. The van der Waals surface area contributed by atoms with Crippen LogP contribution in [0.25, 0.3) is 11.0 Å². The second-order valence-electron chi connectivity index (χ2n) is 3.29. The number of amides is 1. The molecule has 17 heavy (non-hydrogen) atoms. The number of ether oxygens (including phenoxy) is 1. The molecule has 2 rings (SSSR count). The van der Waals surface area contributed by atoms with E-state index in [2.05, 4.69) is 25.5 Å². The van der Waals surface area contributed by atoms with Crippen LogP contribution in [0.4, 0.5) is 0 Å². The molecule has 0 fully saturated rings. The number of methoxy groups -OCH3 is 1. The van der Waals surface area contributed by atoms with Gasteiger partial charge in [-0.2, -0.15) is 15.4 Å². The molecule has 0 unspecified atom stereocenters. The lowest BCUT2D eigenvalue weighted by Gasteiger charge is -2.03. The minimum Gasteiger partial charge on any atom is -0.468 e. The van der Waals surface area contributed by atoms with Crippen LogP contribution >= 0.6 is 0 Å². The van der Waals surface area contributed by atoms with Crippen molar-refractivity contribution in [3.63, 3.8) is 0 Å². The Labute approximate surface area is 96.1 Å². The number of carbonyl (C=O) groups is 2. The lowest BCUT2D eigenvalue weighted by molar-refractivity contribution is -0.139. The lowest BCUT2D eigenvalue weighted by Crippen LogP contribution is -2.30. The van der Waals surface area contributed by atoms with Crippen molar-refractivity contribution in [1.82, 2.24) is 20.7 Å². The zero-order valence-corrected chi connectivity index (χ0v) is 9.06. The van der Waals surface area contributed by atoms with Crippen LogP contribution in [0.3, 0.4) is 0 Å². The molecule has 1 heterocycles. The van der Waals surface area contributed by atoms with Crippen LogP contribution in [0.15, 0.2) is 18.2 Å². The van der Waals surface area contributed by atoms with Gasteiger partial charge in [-0.05, 0) is 18.2 Å². The summed E-state index contributed by atoms with van der Waals surface area (Å²) in [6.45, 7) is -0.161. The highest BCUT2D eigenvalue weighted by Gasteiger charge is 2.09. The van der Waals surface area contributed by atoms with Crippen LogP contribution in [0.2, 0.25) is 0 Å². The number of nitrogens with one attached hydrogen (secondary N) is 2. The van der Waals surface area contributed by atoms with Gasteiger partial charge in [0.25, 0.3) is 5.91 Å². The number of rotatable bonds is 3. The van der Waals surface area contributed by atoms with E-state index in [1.165, 1.54) is 7.11 Å². The summed E-state index contributed by atoms with van der Waals surface area (Å²) < 4.78 is 4.41. The fourth-order valence-electron chi connectivity index (χ4n) is 1.31. The monoisotopic (exact) mass is 234 g/mol. The minimum absolute atomic E-state index is 0.161. The molecule has 1 amide bonds. The molecule has 1 aromatic heterocycles. The van der Waals surface area contributed by atoms with Gasteiger partial charge in [0.05, 0.1) is 7.11 Å². The third-order valence-electron chi connectivity index (χ3n) is 2.20. The number of aromatic nitrogens is 3. The molecule has 0 atom stereocenters. The second-order valence-corrected chi connectivity index (χ2v) is 3.29. The van der Waals surface area contributed by atoms with Gasteiger partial charge in [-0.3, -0.25) is 9.59 Å². The van der Waals surface area contributed by atoms with E-state index in [9.17, 15) is 9.59 Å². The Kier molecular flexibility index (Phi) is 2.99. The smallest absolute Gasteiger partial charge is 0.325 e. The maximum Gasteiger partial charge on any atom is 0.325 e. The summed E-state index contributed by atoms with van der Waals surface area (Å²) in [6.07, 6.45) is 0. The maximum absolute atomic E-state index is 11.7. The number of benzene rings is 1. The Bertz CT molecular complexity index is 563. The number of H-pyrrole nitrogens is 1. The standard InChI is InChI=1S/C10H10N4O3/c1-17-9(15)5-11-10(16)6-2-3-7-8(4-6)13-14-12-7/h2-4H,5H2,1H3,(H,11,16)(H,12,13,14). The molecule has 0 saturated heterocycles. The van der Waals surface area contributed by atoms with Gasteiger partial charge in [0.2, 0.25) is 0 Å². The maximum atomic E-state index is 11.7. The predicted octanol–water partition coefficient (Wildman–Crippen LogP) is -0.139. The highest BCUT2D eigenvalue weighted by Crippen LogP contribution is 2.10. The van der Waals surface area contributed by atoms with Gasteiger partial charge in [-0.25, -0.2) is 0 Å². The number of esters is 1. The molecule has 0 spiro atoms. The quantitative estimate of drug-likeness (QED) is 0.720. The molecule has 0 aliphatic carbocycles. The van der Waals surface area contributed by atoms with E-state index >= 15 is 0 Å². The average Bonchev–Trinajstić information content (AvgIpc) is 2.82. The normalized spacial score (nSPS) is 10.2. The topological polar surface area (TPSA) is 97.0 Å². The highest BCUT2D eigenvalue weighted by molar-refractivity contribution is 5.98. The molecule has 0 aliphatic rings. The first-order valence-corrected chi connectivity index (χ1v) is 4.86. The Morgan fingerprint density at radius 3 is 2.88 bits per heavy atom. The van der Waals surface area contributed by atoms with Gasteiger partial charge in [-0.15, -0.1) is 0 Å². The third-order valence-corrected chi connectivity index (χ3v) is 2.20. The van der Waals surface area contributed by atoms with Gasteiger partial charge in [-0.1, -0.05) is 0 Å². The van der Waals surface area contributed by atoms with E-state index < -0.39 is 5.97 Å². The number of aromatic amines is 1. The predicted molar refractivity (Wildman–Crippen MR) is 58.2 cm³/mol. The molecule has 0 bridgehead atoms. The zero-order chi connectivity index (χ0) is 12.3. The zero-order valence-electron chi connectivity index (χ0n) is 9.06. The van der Waals surface area contributed by atoms with E-state index in [4.69, 9.17) is 0 Å². The van der Waals surface area contributed by atoms with E-state index in [0.29, 0.717) is 16.6 Å². The SMILES string of the molecule is COC(=O)CNC(=O)c1ccc2n[nH]nc2c1. The van der Waals surface area contributed by atoms with E-state index in [1.807, 2.05) is 0 Å². The van der Waals surface area contributed by atoms with Crippen LogP contribution in [-0.4, -0.2) is 40.9 Å². The summed E-state index contributed by atoms with van der Waals surface area (Å²) in [5.74, 6) is -0.860. The molecule has 88 valence electrons. The number of carbonyl (C=O) groups excluding carboxylic acids is 2. The van der Waals surface area contributed by atoms with Crippen molar-refractivity contribution in [2.75, 3.05) is 13.7 Å². The summed E-state index contributed by atoms with van der Waals surface area (Å²) in [7, 11) is 1.26. The van der Waals surface area contributed by atoms with Crippen molar-refractivity contribution >= 4 is 22.9 Å². The van der Waals surface area contributed by atoms with Crippen LogP contribution in [-0.2, 0) is 9.53 Å². The first-order chi connectivity index (χ1) is 8.20. The Balaban J connectivity index is 2.10. The fourth-order valence-corrected chi connectivity index (χ4v) is 1.31. The minimum atomic E-state index is -0.499. The molecular formula is C10H10N4O3. The molecule has 1 aromatic carbocycles. The van der Waals surface area contributed by atoms with Gasteiger partial charge in [0.15, 0.2) is 0 Å². The molecule has 7 heteroatoms. The molecule has 2 aromatic rings. The fraction of sp³-hybridized carbons (Fsp3) is 0.200. The highest BCUT2D eigenvalue weighted by atomic mass is 16.5. The van der Waals surface area contributed by atoms with Gasteiger partial charge in [0.1, 0.15) is 17.6 Å². The van der Waals surface area contributed by atoms with Crippen LogP contribution < -0.4 is 5.32 Å². The van der Waals surface area contributed by atoms with Crippen LogP contribution in [0.5, 0.6) is 0 Å². The Morgan fingerprint density at radius 1 is 1.35 bits per heavy atom. The number of hydrogen-bond acceptors (Lipinski definition) is 5. The van der Waals surface area contributed by atoms with Gasteiger partial charge < -0.3 is 10.1 Å². The van der Waals surface area contributed by atoms with Crippen LogP contribution in [0.1, 0.15) is 10.4 Å². The van der Waals surface area contributed by atoms with Gasteiger partial charge in [0, 0.05) is 5.56 Å². The second kappa shape index (κ2) is 4.60. The van der Waals surface area contributed by atoms with Crippen molar-refractivity contribution < 1.29 is 14.3 Å². The van der Waals surface area contributed by atoms with Crippen LogP contribution in [0, 0.1) is 0 Å². The molecule has 0 radical (unpaired) electrons. The third kappa shape index (κ3) is 2.39. The van der Waals surface area contributed by atoms with Crippen molar-refractivity contribution in [1.29, 1.82) is 0 Å². The lowest BCUT2D eigenvalue weighted by atomic mass is 10.2. The van der Waals surface area contributed by atoms with Crippen molar-refractivity contribution in [2.24, 2.45) is 0 Å². The Morgan fingerprint density at radius 2 is 2.12 bits per heavy atom. The molecule has 0 aliphatic heterocycles. The Hall–Kier alpha value is -2.44. The largest absolute Gasteiger partial charge is 0.468 e. The summed E-state index contributed by atoms with van der Waals surface area (Å²) in [4.78, 5) is 22.5. The van der Waals surface area contributed by atoms with E-state index in [1.54, 1.807) is 18.2 Å². The first-order valence-electron chi connectivity index (χ1n) is 4.86. The molecule has 0 saturated carbocycles. The van der Waals surface area contributed by atoms with Crippen molar-refractivity contribution in [3.05, 3.63) is 23.8 Å². The summed E-state index contributed by atoms with van der Waals surface area (Å²) in [6, 6.07) is 4.87. The van der Waals surface area contributed by atoms with Gasteiger partial charge >= 0.3 is 5.97 Å². The number of nitrogens with zero attached hydrogens (tertiary/aromatic N) is 2. The summed E-state index contributed by atoms with van der Waals surface area (Å²) in [5.41, 5.74) is 1.68. The number of fused-ring (bicyclic) bond motifs is 1. The molecule has 7 nitrogen and oxygen atoms in total. The molecule has 2 N–H and O–H groups in total. The van der Waals surface area contributed by atoms with Crippen molar-refractivity contribution in [3.8, 4) is 0 Å². The number of hydrogen-bond donors (Lipinski definition) is 2. The summed E-state index contributed by atoms with van der Waals surface area (Å²) in [5, 5.41) is 12.6. The first kappa shape index (κ1) is 11.1. The van der Waals surface area contributed by atoms with Crippen molar-refractivity contribution in [2.45, 2.75) is 0 Å². The molecular weight excluding hydrogens is 224 g/mol.